The molecule has 0 amide bonds. The molecule has 0 aliphatic heterocycles. The molecule has 1 aromatic rings. The first-order valence-electron chi connectivity index (χ1n) is 6.85. The second-order valence-electron chi connectivity index (χ2n) is 4.78. The fourth-order valence-electron chi connectivity index (χ4n) is 2.54. The molecule has 1 atom stereocenters. The third kappa shape index (κ3) is 3.03. The molecular formula is C17H22N2. The van der Waals surface area contributed by atoms with Crippen LogP contribution in [-0.2, 0) is 0 Å². The molecule has 2 heteroatoms. The van der Waals surface area contributed by atoms with E-state index in [1.165, 1.54) is 16.7 Å². The quantitative estimate of drug-likeness (QED) is 0.491. The van der Waals surface area contributed by atoms with Gasteiger partial charge in [-0.2, -0.15) is 0 Å². The van der Waals surface area contributed by atoms with Crippen molar-refractivity contribution in [3.05, 3.63) is 66.3 Å². The van der Waals surface area contributed by atoms with Gasteiger partial charge in [0.05, 0.1) is 6.04 Å². The average Bonchev–Trinajstić information content (AvgIpc) is 2.82. The number of nitrogens with zero attached hydrogens (tertiary/aromatic N) is 1. The van der Waals surface area contributed by atoms with Crippen molar-refractivity contribution in [3.63, 3.8) is 0 Å². The van der Waals surface area contributed by atoms with Crippen LogP contribution in [0.2, 0.25) is 0 Å². The number of nitrogens with two attached hydrogens (primary N) is 1. The van der Waals surface area contributed by atoms with Gasteiger partial charge in [-0.3, -0.25) is 5.84 Å². The number of hydrazine groups is 1. The van der Waals surface area contributed by atoms with Crippen LogP contribution >= 0.6 is 0 Å². The van der Waals surface area contributed by atoms with Crippen molar-refractivity contribution in [2.75, 3.05) is 6.54 Å². The van der Waals surface area contributed by atoms with Gasteiger partial charge in [-0.05, 0) is 29.5 Å². The van der Waals surface area contributed by atoms with Crippen molar-refractivity contribution in [2.45, 2.75) is 25.8 Å². The van der Waals surface area contributed by atoms with E-state index in [1.807, 2.05) is 11.1 Å². The lowest BCUT2D eigenvalue weighted by atomic mass is 10.1. The molecule has 2 N–H and O–H groups in total. The van der Waals surface area contributed by atoms with E-state index in [4.69, 9.17) is 5.84 Å². The zero-order valence-electron chi connectivity index (χ0n) is 11.5. The minimum Gasteiger partial charge on any atom is -0.268 e. The lowest BCUT2D eigenvalue weighted by Gasteiger charge is -2.22. The van der Waals surface area contributed by atoms with Gasteiger partial charge in [0.15, 0.2) is 0 Å². The summed E-state index contributed by atoms with van der Waals surface area (Å²) in [4.78, 5) is 0. The second kappa shape index (κ2) is 6.50. The second-order valence-corrected chi connectivity index (χ2v) is 4.78. The maximum absolute atomic E-state index is 6.11. The summed E-state index contributed by atoms with van der Waals surface area (Å²) in [6.45, 7) is 6.67. The molecule has 1 aliphatic carbocycles. The Hall–Kier alpha value is -1.64. The van der Waals surface area contributed by atoms with Gasteiger partial charge in [0.2, 0.25) is 0 Å². The van der Waals surface area contributed by atoms with Gasteiger partial charge in [0.1, 0.15) is 0 Å². The Balaban J connectivity index is 2.27. The van der Waals surface area contributed by atoms with Crippen molar-refractivity contribution >= 4 is 5.57 Å². The maximum Gasteiger partial charge on any atom is 0.0536 e. The van der Waals surface area contributed by atoms with Crippen molar-refractivity contribution in [2.24, 2.45) is 5.84 Å². The summed E-state index contributed by atoms with van der Waals surface area (Å²) in [7, 11) is 0. The van der Waals surface area contributed by atoms with Crippen molar-refractivity contribution in [3.8, 4) is 0 Å². The summed E-state index contributed by atoms with van der Waals surface area (Å²) in [5.74, 6) is 6.11. The Morgan fingerprint density at radius 1 is 1.42 bits per heavy atom. The third-order valence-corrected chi connectivity index (χ3v) is 3.58. The SMILES string of the molecule is C=CC/C=C\C=C1/CC(N(N)CC)c2ccccc21. The van der Waals surface area contributed by atoms with Crippen LogP contribution < -0.4 is 5.84 Å². The molecule has 0 heterocycles. The van der Waals surface area contributed by atoms with E-state index in [2.05, 4.69) is 56.0 Å². The van der Waals surface area contributed by atoms with Crippen LogP contribution in [0.4, 0.5) is 0 Å². The minimum atomic E-state index is 0.306. The largest absolute Gasteiger partial charge is 0.268 e. The molecule has 100 valence electrons. The highest BCUT2D eigenvalue weighted by atomic mass is 15.4. The molecule has 1 unspecified atom stereocenters. The monoisotopic (exact) mass is 254 g/mol. The Bertz CT molecular complexity index is 500. The zero-order valence-corrected chi connectivity index (χ0v) is 11.5. The molecule has 0 saturated heterocycles. The van der Waals surface area contributed by atoms with Gasteiger partial charge in [-0.1, -0.05) is 55.5 Å². The van der Waals surface area contributed by atoms with Gasteiger partial charge in [-0.15, -0.1) is 6.58 Å². The van der Waals surface area contributed by atoms with E-state index in [0.717, 1.165) is 19.4 Å². The van der Waals surface area contributed by atoms with Gasteiger partial charge < -0.3 is 0 Å². The number of allylic oxidation sites excluding steroid dienone is 4. The van der Waals surface area contributed by atoms with E-state index in [0.29, 0.717) is 6.04 Å². The van der Waals surface area contributed by atoms with E-state index in [-0.39, 0.29) is 0 Å². The topological polar surface area (TPSA) is 29.3 Å². The van der Waals surface area contributed by atoms with Gasteiger partial charge in [0, 0.05) is 6.54 Å². The van der Waals surface area contributed by atoms with Gasteiger partial charge in [0.25, 0.3) is 0 Å². The normalized spacial score (nSPS) is 20.4. The van der Waals surface area contributed by atoms with E-state index < -0.39 is 0 Å². The standard InChI is InChI=1S/C17H22N2/c1-3-5-6-7-10-14-13-17(19(18)4-2)16-12-9-8-11-15(14)16/h3,6-12,17H,1,4-5,13,18H2,2H3/b7-6-,14-10+. The Labute approximate surface area is 115 Å². The maximum atomic E-state index is 6.11. The molecule has 0 bridgehead atoms. The first kappa shape index (κ1) is 13.8. The number of rotatable bonds is 5. The number of hydrogen-bond donors (Lipinski definition) is 1. The fraction of sp³-hybridized carbons (Fsp3) is 0.294. The Morgan fingerprint density at radius 2 is 2.21 bits per heavy atom. The van der Waals surface area contributed by atoms with Crippen LogP contribution in [0.3, 0.4) is 0 Å². The highest BCUT2D eigenvalue weighted by Gasteiger charge is 2.28. The van der Waals surface area contributed by atoms with Gasteiger partial charge in [-0.25, -0.2) is 5.01 Å². The lowest BCUT2D eigenvalue weighted by molar-refractivity contribution is 0.221. The predicted molar refractivity (Wildman–Crippen MR) is 82.3 cm³/mol. The highest BCUT2D eigenvalue weighted by molar-refractivity contribution is 5.74. The minimum absolute atomic E-state index is 0.306. The third-order valence-electron chi connectivity index (χ3n) is 3.58. The summed E-state index contributed by atoms with van der Waals surface area (Å²) in [6.07, 6.45) is 10.2. The predicted octanol–water partition coefficient (Wildman–Crippen LogP) is 3.84. The molecule has 2 nitrogen and oxygen atoms in total. The zero-order chi connectivity index (χ0) is 13.7. The van der Waals surface area contributed by atoms with E-state index >= 15 is 0 Å². The molecule has 1 aromatic carbocycles. The molecule has 0 saturated carbocycles. The highest BCUT2D eigenvalue weighted by Crippen LogP contribution is 2.41. The lowest BCUT2D eigenvalue weighted by Crippen LogP contribution is -2.33. The fourth-order valence-corrected chi connectivity index (χ4v) is 2.54. The molecule has 0 radical (unpaired) electrons. The Kier molecular flexibility index (Phi) is 4.72. The van der Waals surface area contributed by atoms with E-state index in [9.17, 15) is 0 Å². The summed E-state index contributed by atoms with van der Waals surface area (Å²) >= 11 is 0. The summed E-state index contributed by atoms with van der Waals surface area (Å²) in [5, 5.41) is 1.92. The van der Waals surface area contributed by atoms with Crippen LogP contribution in [0.25, 0.3) is 5.57 Å². The molecule has 2 rings (SSSR count). The number of benzene rings is 1. The molecule has 0 spiro atoms. The van der Waals surface area contributed by atoms with Crippen molar-refractivity contribution in [1.29, 1.82) is 0 Å². The van der Waals surface area contributed by atoms with Crippen LogP contribution in [0.1, 0.15) is 36.9 Å². The van der Waals surface area contributed by atoms with Crippen LogP contribution in [-0.4, -0.2) is 11.6 Å². The van der Waals surface area contributed by atoms with Crippen molar-refractivity contribution in [1.82, 2.24) is 5.01 Å². The van der Waals surface area contributed by atoms with Crippen LogP contribution in [0.15, 0.2) is 55.1 Å². The smallest absolute Gasteiger partial charge is 0.0536 e. The first-order valence-corrected chi connectivity index (χ1v) is 6.85. The van der Waals surface area contributed by atoms with Crippen molar-refractivity contribution < 1.29 is 0 Å². The summed E-state index contributed by atoms with van der Waals surface area (Å²) < 4.78 is 0. The summed E-state index contributed by atoms with van der Waals surface area (Å²) in [5.41, 5.74) is 4.04. The average molecular weight is 254 g/mol. The Morgan fingerprint density at radius 3 is 2.95 bits per heavy atom. The molecule has 0 fully saturated rings. The molecule has 19 heavy (non-hydrogen) atoms. The van der Waals surface area contributed by atoms with Gasteiger partial charge >= 0.3 is 0 Å². The molecule has 0 aromatic heterocycles. The first-order chi connectivity index (χ1) is 9.27. The number of hydrogen-bond acceptors (Lipinski definition) is 2. The van der Waals surface area contributed by atoms with E-state index in [1.54, 1.807) is 0 Å². The summed E-state index contributed by atoms with van der Waals surface area (Å²) in [6, 6.07) is 8.86. The van der Waals surface area contributed by atoms with Crippen LogP contribution in [0, 0.1) is 0 Å². The van der Waals surface area contributed by atoms with Crippen LogP contribution in [0.5, 0.6) is 0 Å². The molecule has 1 aliphatic rings. The number of fused-ring (bicyclic) bond motifs is 1. The molecular weight excluding hydrogens is 232 g/mol.